The van der Waals surface area contributed by atoms with Crippen molar-refractivity contribution in [2.24, 2.45) is 0 Å². The van der Waals surface area contributed by atoms with Gasteiger partial charge in [0.1, 0.15) is 0 Å². The summed E-state index contributed by atoms with van der Waals surface area (Å²) in [6.45, 7) is 9.48. The molecule has 0 aromatic rings. The minimum atomic E-state index is 0.902. The third kappa shape index (κ3) is 3.37. The third-order valence-electron chi connectivity index (χ3n) is 2.36. The van der Waals surface area contributed by atoms with Crippen LogP contribution in [0.2, 0.25) is 0 Å². The van der Waals surface area contributed by atoms with Crippen LogP contribution in [0.4, 0.5) is 0 Å². The summed E-state index contributed by atoms with van der Waals surface area (Å²) in [5.74, 6) is 0. The molecular weight excluding hydrogens is 150 g/mol. The Morgan fingerprint density at radius 1 is 1.42 bits per heavy atom. The predicted octanol–water partition coefficient (Wildman–Crippen LogP) is 1.67. The second-order valence-corrected chi connectivity index (χ2v) is 3.32. The fourth-order valence-electron chi connectivity index (χ4n) is 1.21. The van der Waals surface area contributed by atoms with E-state index in [1.807, 2.05) is 0 Å². The summed E-state index contributed by atoms with van der Waals surface area (Å²) in [4.78, 5) is 2.43. The van der Waals surface area contributed by atoms with E-state index >= 15 is 0 Å². The summed E-state index contributed by atoms with van der Waals surface area (Å²) >= 11 is 0. The highest BCUT2D eigenvalue weighted by Gasteiger charge is 2.07. The molecule has 0 saturated carbocycles. The Bertz CT molecular complexity index is 148. The molecule has 1 heterocycles. The molecule has 1 rings (SSSR count). The molecule has 0 amide bonds. The van der Waals surface area contributed by atoms with Crippen molar-refractivity contribution in [3.8, 4) is 0 Å². The van der Waals surface area contributed by atoms with Gasteiger partial charge in [0.2, 0.25) is 0 Å². The summed E-state index contributed by atoms with van der Waals surface area (Å²) in [5.41, 5.74) is 1.49. The number of allylic oxidation sites excluding steroid dienone is 1. The summed E-state index contributed by atoms with van der Waals surface area (Å²) < 4.78 is 5.27. The monoisotopic (exact) mass is 169 g/mol. The van der Waals surface area contributed by atoms with Crippen molar-refractivity contribution in [2.75, 3.05) is 32.8 Å². The van der Waals surface area contributed by atoms with Gasteiger partial charge in [-0.05, 0) is 13.3 Å². The second-order valence-electron chi connectivity index (χ2n) is 3.32. The maximum absolute atomic E-state index is 5.27. The zero-order chi connectivity index (χ0) is 8.81. The van der Waals surface area contributed by atoms with Crippen molar-refractivity contribution in [1.29, 1.82) is 0 Å². The van der Waals surface area contributed by atoms with Crippen LogP contribution in [-0.2, 0) is 4.74 Å². The first-order valence-electron chi connectivity index (χ1n) is 4.78. The lowest BCUT2D eigenvalue weighted by Gasteiger charge is -2.25. The molecule has 0 radical (unpaired) electrons. The number of nitrogens with zero attached hydrogens (tertiary/aromatic N) is 1. The van der Waals surface area contributed by atoms with E-state index in [0.717, 1.165) is 32.8 Å². The Balaban J connectivity index is 2.21. The molecule has 0 aliphatic carbocycles. The first-order chi connectivity index (χ1) is 5.83. The number of ether oxygens (including phenoxy) is 1. The van der Waals surface area contributed by atoms with Crippen LogP contribution in [0, 0.1) is 0 Å². The van der Waals surface area contributed by atoms with Gasteiger partial charge in [0.25, 0.3) is 0 Å². The molecule has 0 N–H and O–H groups in total. The SMILES string of the molecule is CC/C(C)=C/CN1CCOCC1. The molecule has 0 aromatic heterocycles. The van der Waals surface area contributed by atoms with Gasteiger partial charge in [-0.1, -0.05) is 18.6 Å². The molecular formula is C10H19NO. The van der Waals surface area contributed by atoms with Crippen molar-refractivity contribution in [1.82, 2.24) is 4.90 Å². The van der Waals surface area contributed by atoms with Crippen molar-refractivity contribution in [3.05, 3.63) is 11.6 Å². The van der Waals surface area contributed by atoms with E-state index < -0.39 is 0 Å². The number of hydrogen-bond acceptors (Lipinski definition) is 2. The summed E-state index contributed by atoms with van der Waals surface area (Å²) in [6.07, 6.45) is 3.50. The molecule has 12 heavy (non-hydrogen) atoms. The molecule has 0 spiro atoms. The minimum Gasteiger partial charge on any atom is -0.379 e. The van der Waals surface area contributed by atoms with Crippen LogP contribution in [0.15, 0.2) is 11.6 Å². The van der Waals surface area contributed by atoms with Crippen molar-refractivity contribution in [3.63, 3.8) is 0 Å². The number of morpholine rings is 1. The lowest BCUT2D eigenvalue weighted by Crippen LogP contribution is -2.36. The molecule has 0 unspecified atom stereocenters. The van der Waals surface area contributed by atoms with Gasteiger partial charge in [0, 0.05) is 19.6 Å². The zero-order valence-electron chi connectivity index (χ0n) is 8.18. The van der Waals surface area contributed by atoms with E-state index in [2.05, 4.69) is 24.8 Å². The standard InChI is InChI=1S/C10H19NO/c1-3-10(2)4-5-11-6-8-12-9-7-11/h4H,3,5-9H2,1-2H3/b10-4+. The lowest BCUT2D eigenvalue weighted by atomic mass is 10.2. The molecule has 70 valence electrons. The summed E-state index contributed by atoms with van der Waals surface area (Å²) in [7, 11) is 0. The van der Waals surface area contributed by atoms with Gasteiger partial charge in [-0.15, -0.1) is 0 Å². The highest BCUT2D eigenvalue weighted by molar-refractivity contribution is 4.98. The van der Waals surface area contributed by atoms with Crippen molar-refractivity contribution in [2.45, 2.75) is 20.3 Å². The Morgan fingerprint density at radius 3 is 2.67 bits per heavy atom. The molecule has 0 bridgehead atoms. The Labute approximate surface area is 75.2 Å². The average molecular weight is 169 g/mol. The van der Waals surface area contributed by atoms with E-state index in [9.17, 15) is 0 Å². The maximum atomic E-state index is 5.27. The maximum Gasteiger partial charge on any atom is 0.0594 e. The van der Waals surface area contributed by atoms with E-state index in [0.29, 0.717) is 0 Å². The first kappa shape index (κ1) is 9.75. The molecule has 1 aliphatic rings. The molecule has 2 nitrogen and oxygen atoms in total. The molecule has 0 atom stereocenters. The predicted molar refractivity (Wildman–Crippen MR) is 51.3 cm³/mol. The zero-order valence-corrected chi connectivity index (χ0v) is 8.18. The van der Waals surface area contributed by atoms with Gasteiger partial charge in [-0.25, -0.2) is 0 Å². The Hall–Kier alpha value is -0.340. The van der Waals surface area contributed by atoms with Crippen LogP contribution in [0.1, 0.15) is 20.3 Å². The van der Waals surface area contributed by atoms with Gasteiger partial charge in [-0.2, -0.15) is 0 Å². The Morgan fingerprint density at radius 2 is 2.08 bits per heavy atom. The van der Waals surface area contributed by atoms with Crippen LogP contribution in [0.25, 0.3) is 0 Å². The lowest BCUT2D eigenvalue weighted by molar-refractivity contribution is 0.0433. The normalized spacial score (nSPS) is 21.3. The summed E-state index contributed by atoms with van der Waals surface area (Å²) in [5, 5.41) is 0. The van der Waals surface area contributed by atoms with E-state index in [1.54, 1.807) is 0 Å². The third-order valence-corrected chi connectivity index (χ3v) is 2.36. The van der Waals surface area contributed by atoms with Crippen LogP contribution in [-0.4, -0.2) is 37.7 Å². The van der Waals surface area contributed by atoms with Crippen LogP contribution in [0.5, 0.6) is 0 Å². The second kappa shape index (κ2) is 5.33. The van der Waals surface area contributed by atoms with Gasteiger partial charge in [0.05, 0.1) is 13.2 Å². The topological polar surface area (TPSA) is 12.5 Å². The smallest absolute Gasteiger partial charge is 0.0594 e. The quantitative estimate of drug-likeness (QED) is 0.596. The van der Waals surface area contributed by atoms with E-state index in [4.69, 9.17) is 4.74 Å². The van der Waals surface area contributed by atoms with Gasteiger partial charge in [0.15, 0.2) is 0 Å². The van der Waals surface area contributed by atoms with Crippen LogP contribution in [0.3, 0.4) is 0 Å². The average Bonchev–Trinajstić information content (AvgIpc) is 2.16. The van der Waals surface area contributed by atoms with Gasteiger partial charge < -0.3 is 4.74 Å². The van der Waals surface area contributed by atoms with Crippen LogP contribution < -0.4 is 0 Å². The summed E-state index contributed by atoms with van der Waals surface area (Å²) in [6, 6.07) is 0. The minimum absolute atomic E-state index is 0.902. The molecule has 1 aliphatic heterocycles. The Kier molecular flexibility index (Phi) is 4.33. The highest BCUT2D eigenvalue weighted by Crippen LogP contribution is 2.01. The van der Waals surface area contributed by atoms with Gasteiger partial charge in [-0.3, -0.25) is 4.90 Å². The van der Waals surface area contributed by atoms with E-state index in [-0.39, 0.29) is 0 Å². The highest BCUT2D eigenvalue weighted by atomic mass is 16.5. The fraction of sp³-hybridized carbons (Fsp3) is 0.800. The van der Waals surface area contributed by atoms with Crippen molar-refractivity contribution < 1.29 is 4.74 Å². The first-order valence-corrected chi connectivity index (χ1v) is 4.78. The van der Waals surface area contributed by atoms with Crippen LogP contribution >= 0.6 is 0 Å². The molecule has 1 fully saturated rings. The molecule has 0 aromatic carbocycles. The molecule has 2 heteroatoms. The fourth-order valence-corrected chi connectivity index (χ4v) is 1.21. The molecule has 1 saturated heterocycles. The van der Waals surface area contributed by atoms with Gasteiger partial charge >= 0.3 is 0 Å². The number of rotatable bonds is 3. The largest absolute Gasteiger partial charge is 0.379 e. The van der Waals surface area contributed by atoms with Crippen molar-refractivity contribution >= 4 is 0 Å². The number of hydrogen-bond donors (Lipinski definition) is 0. The van der Waals surface area contributed by atoms with E-state index in [1.165, 1.54) is 12.0 Å².